The van der Waals surface area contributed by atoms with E-state index in [9.17, 15) is 0 Å². The zero-order chi connectivity index (χ0) is 10.6. The van der Waals surface area contributed by atoms with E-state index in [0.717, 1.165) is 11.0 Å². The van der Waals surface area contributed by atoms with Gasteiger partial charge in [-0.25, -0.2) is 0 Å². The van der Waals surface area contributed by atoms with Crippen molar-refractivity contribution in [2.45, 2.75) is 33.7 Å². The topological polar surface area (TPSA) is 30.7 Å². The Kier molecular flexibility index (Phi) is 3.63. The van der Waals surface area contributed by atoms with Crippen molar-refractivity contribution in [1.82, 2.24) is 15.0 Å². The fourth-order valence-electron chi connectivity index (χ4n) is 1.11. The Morgan fingerprint density at radius 2 is 1.43 bits per heavy atom. The molecule has 1 heterocycles. The monoisotopic (exact) mass is 191 g/mol. The van der Waals surface area contributed by atoms with Crippen molar-refractivity contribution in [3.05, 3.63) is 24.3 Å². The summed E-state index contributed by atoms with van der Waals surface area (Å²) in [7, 11) is 0. The molecule has 0 aliphatic carbocycles. The molecular formula is C11H17N3. The first kappa shape index (κ1) is 10.7. The molecule has 2 aromatic rings. The molecule has 3 heteroatoms. The lowest BCUT2D eigenvalue weighted by Gasteiger charge is -1.99. The third kappa shape index (κ3) is 2.10. The molecule has 0 spiro atoms. The standard InChI is InChI=1S/C9H11N3.C2H6/c1-7(2)12-10-8-5-3-4-6-9(8)11-12;1-2/h3-7H,1-2H3;1-2H3. The zero-order valence-electron chi connectivity index (χ0n) is 9.23. The Bertz CT molecular complexity index is 357. The average molecular weight is 191 g/mol. The summed E-state index contributed by atoms with van der Waals surface area (Å²) < 4.78 is 0. The Morgan fingerprint density at radius 3 is 1.79 bits per heavy atom. The van der Waals surface area contributed by atoms with Gasteiger partial charge in [-0.15, -0.1) is 0 Å². The van der Waals surface area contributed by atoms with Crippen molar-refractivity contribution in [3.63, 3.8) is 0 Å². The van der Waals surface area contributed by atoms with Gasteiger partial charge in [-0.05, 0) is 26.0 Å². The van der Waals surface area contributed by atoms with Crippen LogP contribution in [0.5, 0.6) is 0 Å². The number of benzene rings is 1. The summed E-state index contributed by atoms with van der Waals surface area (Å²) in [4.78, 5) is 1.74. The van der Waals surface area contributed by atoms with E-state index in [-0.39, 0.29) is 0 Å². The predicted octanol–water partition coefficient (Wildman–Crippen LogP) is 3.04. The van der Waals surface area contributed by atoms with Crippen LogP contribution in [0.4, 0.5) is 0 Å². The molecule has 0 aliphatic rings. The van der Waals surface area contributed by atoms with Gasteiger partial charge >= 0.3 is 0 Å². The van der Waals surface area contributed by atoms with Gasteiger partial charge in [-0.3, -0.25) is 0 Å². The number of hydrogen-bond acceptors (Lipinski definition) is 2. The molecule has 1 aromatic heterocycles. The summed E-state index contributed by atoms with van der Waals surface area (Å²) >= 11 is 0. The zero-order valence-corrected chi connectivity index (χ0v) is 9.23. The highest BCUT2D eigenvalue weighted by atomic mass is 15.5. The van der Waals surface area contributed by atoms with Crippen molar-refractivity contribution in [3.8, 4) is 0 Å². The van der Waals surface area contributed by atoms with E-state index in [1.54, 1.807) is 4.80 Å². The second-order valence-corrected chi connectivity index (χ2v) is 3.10. The van der Waals surface area contributed by atoms with Gasteiger partial charge in [-0.1, -0.05) is 26.0 Å². The van der Waals surface area contributed by atoms with Gasteiger partial charge in [0.15, 0.2) is 0 Å². The summed E-state index contributed by atoms with van der Waals surface area (Å²) in [5, 5.41) is 8.64. The molecule has 3 nitrogen and oxygen atoms in total. The molecular weight excluding hydrogens is 174 g/mol. The van der Waals surface area contributed by atoms with Crippen LogP contribution in [0.25, 0.3) is 11.0 Å². The fourth-order valence-corrected chi connectivity index (χ4v) is 1.11. The van der Waals surface area contributed by atoms with Crippen molar-refractivity contribution in [2.24, 2.45) is 0 Å². The highest BCUT2D eigenvalue weighted by Gasteiger charge is 2.02. The van der Waals surface area contributed by atoms with E-state index in [1.165, 1.54) is 0 Å². The van der Waals surface area contributed by atoms with Crippen molar-refractivity contribution >= 4 is 11.0 Å². The maximum atomic E-state index is 4.32. The first-order chi connectivity index (χ1) is 6.77. The van der Waals surface area contributed by atoms with Crippen molar-refractivity contribution in [2.75, 3.05) is 0 Å². The lowest BCUT2D eigenvalue weighted by molar-refractivity contribution is 0.472. The van der Waals surface area contributed by atoms with E-state index >= 15 is 0 Å². The van der Waals surface area contributed by atoms with Crippen LogP contribution in [-0.2, 0) is 0 Å². The van der Waals surface area contributed by atoms with Crippen LogP contribution in [0, 0.1) is 0 Å². The van der Waals surface area contributed by atoms with Crippen molar-refractivity contribution < 1.29 is 0 Å². The number of nitrogens with zero attached hydrogens (tertiary/aromatic N) is 3. The summed E-state index contributed by atoms with van der Waals surface area (Å²) in [5.74, 6) is 0. The normalized spacial score (nSPS) is 10.1. The molecule has 2 rings (SSSR count). The molecule has 0 amide bonds. The molecule has 14 heavy (non-hydrogen) atoms. The van der Waals surface area contributed by atoms with Gasteiger partial charge in [-0.2, -0.15) is 15.0 Å². The molecule has 0 aliphatic heterocycles. The fraction of sp³-hybridized carbons (Fsp3) is 0.455. The van der Waals surface area contributed by atoms with Crippen LogP contribution in [0.2, 0.25) is 0 Å². The SMILES string of the molecule is CC.CC(C)n1nc2ccccc2n1. The quantitative estimate of drug-likeness (QED) is 0.693. The highest BCUT2D eigenvalue weighted by Crippen LogP contribution is 2.09. The van der Waals surface area contributed by atoms with Crippen LogP contribution in [0.1, 0.15) is 33.7 Å². The molecule has 0 bridgehead atoms. The summed E-state index contributed by atoms with van der Waals surface area (Å²) in [5.41, 5.74) is 1.93. The van der Waals surface area contributed by atoms with E-state index < -0.39 is 0 Å². The molecule has 0 saturated carbocycles. The van der Waals surface area contributed by atoms with Gasteiger partial charge < -0.3 is 0 Å². The lowest BCUT2D eigenvalue weighted by Crippen LogP contribution is -2.03. The summed E-state index contributed by atoms with van der Waals surface area (Å²) in [6.45, 7) is 8.14. The van der Waals surface area contributed by atoms with Gasteiger partial charge in [0.05, 0.1) is 6.04 Å². The minimum absolute atomic E-state index is 0.331. The molecule has 0 radical (unpaired) electrons. The molecule has 0 unspecified atom stereocenters. The van der Waals surface area contributed by atoms with Crippen molar-refractivity contribution in [1.29, 1.82) is 0 Å². The predicted molar refractivity (Wildman–Crippen MR) is 59.3 cm³/mol. The second-order valence-electron chi connectivity index (χ2n) is 3.10. The van der Waals surface area contributed by atoms with Gasteiger partial charge in [0.1, 0.15) is 11.0 Å². The Hall–Kier alpha value is -1.38. The Labute approximate surface area is 84.7 Å². The molecule has 76 valence electrons. The van der Waals surface area contributed by atoms with Crippen LogP contribution in [0.3, 0.4) is 0 Å². The first-order valence-corrected chi connectivity index (χ1v) is 5.09. The van der Waals surface area contributed by atoms with Crippen LogP contribution in [-0.4, -0.2) is 15.0 Å². The summed E-state index contributed by atoms with van der Waals surface area (Å²) in [6.07, 6.45) is 0. The highest BCUT2D eigenvalue weighted by molar-refractivity contribution is 5.72. The maximum Gasteiger partial charge on any atom is 0.113 e. The Balaban J connectivity index is 0.000000461. The molecule has 1 aromatic carbocycles. The minimum atomic E-state index is 0.331. The molecule has 0 N–H and O–H groups in total. The average Bonchev–Trinajstić information content (AvgIpc) is 2.64. The van der Waals surface area contributed by atoms with E-state index in [1.807, 2.05) is 38.1 Å². The molecule has 0 fully saturated rings. The minimum Gasteiger partial charge on any atom is -0.181 e. The van der Waals surface area contributed by atoms with E-state index in [4.69, 9.17) is 0 Å². The smallest absolute Gasteiger partial charge is 0.113 e. The van der Waals surface area contributed by atoms with E-state index in [0.29, 0.717) is 6.04 Å². The second kappa shape index (κ2) is 4.74. The maximum absolute atomic E-state index is 4.32. The number of aromatic nitrogens is 3. The first-order valence-electron chi connectivity index (χ1n) is 5.09. The van der Waals surface area contributed by atoms with Crippen LogP contribution < -0.4 is 0 Å². The van der Waals surface area contributed by atoms with Gasteiger partial charge in [0, 0.05) is 0 Å². The summed E-state index contributed by atoms with van der Waals surface area (Å²) in [6, 6.07) is 8.23. The van der Waals surface area contributed by atoms with Gasteiger partial charge in [0.25, 0.3) is 0 Å². The Morgan fingerprint density at radius 1 is 1.00 bits per heavy atom. The van der Waals surface area contributed by atoms with Crippen LogP contribution in [0.15, 0.2) is 24.3 Å². The molecule has 0 atom stereocenters. The van der Waals surface area contributed by atoms with E-state index in [2.05, 4.69) is 24.0 Å². The third-order valence-electron chi connectivity index (χ3n) is 1.76. The van der Waals surface area contributed by atoms with Crippen LogP contribution >= 0.6 is 0 Å². The number of hydrogen-bond donors (Lipinski definition) is 0. The van der Waals surface area contributed by atoms with Gasteiger partial charge in [0.2, 0.25) is 0 Å². The lowest BCUT2D eigenvalue weighted by atomic mass is 10.3. The molecule has 0 saturated heterocycles. The largest absolute Gasteiger partial charge is 0.181 e. The third-order valence-corrected chi connectivity index (χ3v) is 1.76. The number of fused-ring (bicyclic) bond motifs is 1. The number of rotatable bonds is 1.